The van der Waals surface area contributed by atoms with Gasteiger partial charge in [0.15, 0.2) is 0 Å². The molecule has 0 aliphatic rings. The number of H-pyrrole nitrogens is 1. The lowest BCUT2D eigenvalue weighted by molar-refractivity contribution is 1.14. The summed E-state index contributed by atoms with van der Waals surface area (Å²) < 4.78 is 0. The molecule has 1 N–H and O–H groups in total. The minimum atomic E-state index is -0.291. The van der Waals surface area contributed by atoms with Crippen LogP contribution in [0.3, 0.4) is 0 Å². The minimum Gasteiger partial charge on any atom is -0.326 e. The first-order valence-electron chi connectivity index (χ1n) is 4.36. The van der Waals surface area contributed by atoms with E-state index in [-0.39, 0.29) is 11.3 Å². The summed E-state index contributed by atoms with van der Waals surface area (Å²) in [5.74, 6) is 0. The van der Waals surface area contributed by atoms with E-state index in [0.29, 0.717) is 11.1 Å². The maximum absolute atomic E-state index is 11.5. The fourth-order valence-corrected chi connectivity index (χ4v) is 1.33. The summed E-state index contributed by atoms with van der Waals surface area (Å²) >= 11 is 0. The first kappa shape index (κ1) is 9.16. The maximum Gasteiger partial charge on any atom is 0.274 e. The van der Waals surface area contributed by atoms with Crippen molar-refractivity contribution in [2.24, 2.45) is 0 Å². The second-order valence-electron chi connectivity index (χ2n) is 2.92. The molecule has 0 unspecified atom stereocenters. The predicted molar refractivity (Wildman–Crippen MR) is 55.0 cm³/mol. The van der Waals surface area contributed by atoms with Crippen LogP contribution >= 0.6 is 0 Å². The average Bonchev–Trinajstić information content (AvgIpc) is 2.30. The lowest BCUT2D eigenvalue weighted by Crippen LogP contribution is -2.10. The van der Waals surface area contributed by atoms with Crippen LogP contribution in [0.5, 0.6) is 0 Å². The van der Waals surface area contributed by atoms with E-state index in [1.54, 1.807) is 24.3 Å². The summed E-state index contributed by atoms with van der Waals surface area (Å²) in [6.07, 6.45) is 2.95. The van der Waals surface area contributed by atoms with Crippen LogP contribution in [0.2, 0.25) is 0 Å². The first-order chi connectivity index (χ1) is 7.33. The Morgan fingerprint density at radius 3 is 2.87 bits per heavy atom. The van der Waals surface area contributed by atoms with Crippen molar-refractivity contribution >= 4 is 0 Å². The van der Waals surface area contributed by atoms with Gasteiger partial charge < -0.3 is 4.98 Å². The highest BCUT2D eigenvalue weighted by atomic mass is 16.1. The number of hydrogen-bond acceptors (Lipinski definition) is 3. The molecule has 15 heavy (non-hydrogen) atoms. The van der Waals surface area contributed by atoms with E-state index in [9.17, 15) is 4.79 Å². The topological polar surface area (TPSA) is 69.5 Å². The van der Waals surface area contributed by atoms with Gasteiger partial charge in [-0.25, -0.2) is 4.98 Å². The molecule has 1 heterocycles. The highest BCUT2D eigenvalue weighted by Crippen LogP contribution is 2.16. The van der Waals surface area contributed by atoms with Crippen molar-refractivity contribution in [2.45, 2.75) is 0 Å². The number of nitrogens with zero attached hydrogens (tertiary/aromatic N) is 2. The van der Waals surface area contributed by atoms with Crippen molar-refractivity contribution in [3.05, 3.63) is 52.6 Å². The largest absolute Gasteiger partial charge is 0.326 e. The van der Waals surface area contributed by atoms with E-state index < -0.39 is 0 Å². The number of nitriles is 1. The Bertz CT molecular complexity index is 581. The molecule has 72 valence electrons. The summed E-state index contributed by atoms with van der Waals surface area (Å²) in [5, 5.41) is 8.88. The Hall–Kier alpha value is -2.41. The third-order valence-electron chi connectivity index (χ3n) is 2.01. The summed E-state index contributed by atoms with van der Waals surface area (Å²) in [4.78, 5) is 17.9. The van der Waals surface area contributed by atoms with Crippen LogP contribution in [0.25, 0.3) is 11.3 Å². The normalized spacial score (nSPS) is 9.53. The molecule has 4 heteroatoms. The van der Waals surface area contributed by atoms with E-state index in [1.165, 1.54) is 12.4 Å². The molecule has 2 aromatic rings. The second-order valence-corrected chi connectivity index (χ2v) is 2.92. The molecule has 0 aliphatic carbocycles. The zero-order valence-electron chi connectivity index (χ0n) is 7.77. The molecule has 1 aromatic heterocycles. The van der Waals surface area contributed by atoms with Crippen LogP contribution < -0.4 is 5.56 Å². The van der Waals surface area contributed by atoms with Crippen molar-refractivity contribution in [3.8, 4) is 17.3 Å². The summed E-state index contributed by atoms with van der Waals surface area (Å²) in [7, 11) is 0. The smallest absolute Gasteiger partial charge is 0.274 e. The Labute approximate surface area is 85.8 Å². The number of hydrogen-bond donors (Lipinski definition) is 1. The third-order valence-corrected chi connectivity index (χ3v) is 2.01. The summed E-state index contributed by atoms with van der Waals surface area (Å²) in [6, 6.07) is 8.91. The molecule has 0 atom stereocenters. The molecule has 0 radical (unpaired) electrons. The van der Waals surface area contributed by atoms with E-state index in [4.69, 9.17) is 5.26 Å². The zero-order chi connectivity index (χ0) is 10.7. The Morgan fingerprint density at radius 1 is 1.33 bits per heavy atom. The SMILES string of the molecule is N#Cc1ccccc1-c1ncc[nH]c1=O. The van der Waals surface area contributed by atoms with Gasteiger partial charge in [0.05, 0.1) is 11.6 Å². The maximum atomic E-state index is 11.5. The van der Waals surface area contributed by atoms with Gasteiger partial charge in [-0.2, -0.15) is 5.26 Å². The van der Waals surface area contributed by atoms with Crippen molar-refractivity contribution in [1.29, 1.82) is 5.26 Å². The molecular weight excluding hydrogens is 190 g/mol. The molecule has 0 amide bonds. The molecule has 1 aromatic carbocycles. The molecule has 0 spiro atoms. The van der Waals surface area contributed by atoms with E-state index >= 15 is 0 Å². The van der Waals surface area contributed by atoms with Crippen molar-refractivity contribution in [2.75, 3.05) is 0 Å². The van der Waals surface area contributed by atoms with E-state index in [2.05, 4.69) is 9.97 Å². The van der Waals surface area contributed by atoms with Crippen LogP contribution in [0, 0.1) is 11.3 Å². The van der Waals surface area contributed by atoms with Crippen LogP contribution in [-0.2, 0) is 0 Å². The molecule has 0 saturated carbocycles. The number of rotatable bonds is 1. The molecular formula is C11H7N3O. The van der Waals surface area contributed by atoms with Gasteiger partial charge in [-0.1, -0.05) is 18.2 Å². The van der Waals surface area contributed by atoms with Gasteiger partial charge in [0.25, 0.3) is 5.56 Å². The number of aromatic nitrogens is 2. The molecule has 4 nitrogen and oxygen atoms in total. The quantitative estimate of drug-likeness (QED) is 0.749. The Balaban J connectivity index is 2.71. The van der Waals surface area contributed by atoms with Crippen molar-refractivity contribution in [3.63, 3.8) is 0 Å². The van der Waals surface area contributed by atoms with Crippen LogP contribution in [0.1, 0.15) is 5.56 Å². The number of benzene rings is 1. The number of nitrogens with one attached hydrogen (secondary N) is 1. The van der Waals surface area contributed by atoms with E-state index in [0.717, 1.165) is 0 Å². The van der Waals surface area contributed by atoms with E-state index in [1.807, 2.05) is 6.07 Å². The van der Waals surface area contributed by atoms with Crippen LogP contribution in [0.15, 0.2) is 41.5 Å². The monoisotopic (exact) mass is 197 g/mol. The van der Waals surface area contributed by atoms with Gasteiger partial charge in [0.1, 0.15) is 5.69 Å². The van der Waals surface area contributed by atoms with Crippen molar-refractivity contribution < 1.29 is 0 Å². The van der Waals surface area contributed by atoms with Crippen LogP contribution in [0.4, 0.5) is 0 Å². The second kappa shape index (κ2) is 3.76. The molecule has 2 rings (SSSR count). The summed E-state index contributed by atoms with van der Waals surface area (Å²) in [5.41, 5.74) is 0.985. The van der Waals surface area contributed by atoms with Gasteiger partial charge in [-0.05, 0) is 6.07 Å². The minimum absolute atomic E-state index is 0.273. The molecule has 0 aliphatic heterocycles. The summed E-state index contributed by atoms with van der Waals surface area (Å²) in [6.45, 7) is 0. The van der Waals surface area contributed by atoms with Crippen LogP contribution in [-0.4, -0.2) is 9.97 Å². The highest BCUT2D eigenvalue weighted by Gasteiger charge is 2.08. The fourth-order valence-electron chi connectivity index (χ4n) is 1.33. The molecule has 0 bridgehead atoms. The predicted octanol–water partition coefficient (Wildman–Crippen LogP) is 1.31. The first-order valence-corrected chi connectivity index (χ1v) is 4.36. The lowest BCUT2D eigenvalue weighted by atomic mass is 10.1. The van der Waals surface area contributed by atoms with Gasteiger partial charge in [-0.3, -0.25) is 4.79 Å². The van der Waals surface area contributed by atoms with Gasteiger partial charge in [-0.15, -0.1) is 0 Å². The average molecular weight is 197 g/mol. The number of aromatic amines is 1. The van der Waals surface area contributed by atoms with Gasteiger partial charge in [0, 0.05) is 18.0 Å². The van der Waals surface area contributed by atoms with Gasteiger partial charge >= 0.3 is 0 Å². The zero-order valence-corrected chi connectivity index (χ0v) is 7.77. The van der Waals surface area contributed by atoms with Gasteiger partial charge in [0.2, 0.25) is 0 Å². The third kappa shape index (κ3) is 1.63. The standard InChI is InChI=1S/C11H7N3O/c12-7-8-3-1-2-4-9(8)10-11(15)14-6-5-13-10/h1-6H,(H,14,15). The lowest BCUT2D eigenvalue weighted by Gasteiger charge is -2.00. The Morgan fingerprint density at radius 2 is 2.13 bits per heavy atom. The van der Waals surface area contributed by atoms with Crippen molar-refractivity contribution in [1.82, 2.24) is 9.97 Å². The molecule has 0 saturated heterocycles. The highest BCUT2D eigenvalue weighted by molar-refractivity contribution is 5.66. The fraction of sp³-hybridized carbons (Fsp3) is 0. The Kier molecular flexibility index (Phi) is 2.30. The molecule has 0 fully saturated rings.